The Bertz CT molecular complexity index is 670. The Morgan fingerprint density at radius 3 is 2.57 bits per heavy atom. The van der Waals surface area contributed by atoms with E-state index in [0.29, 0.717) is 36.8 Å². The molecule has 1 atom stereocenters. The van der Waals surface area contributed by atoms with E-state index in [1.54, 1.807) is 17.9 Å². The summed E-state index contributed by atoms with van der Waals surface area (Å²) in [6, 6.07) is 5.37. The minimum absolute atomic E-state index is 0.0554. The van der Waals surface area contributed by atoms with Gasteiger partial charge in [-0.3, -0.25) is 4.79 Å². The van der Waals surface area contributed by atoms with Crippen molar-refractivity contribution in [1.82, 2.24) is 9.80 Å². The second-order valence-corrected chi connectivity index (χ2v) is 7.84. The molecule has 1 aliphatic rings. The van der Waals surface area contributed by atoms with Crippen LogP contribution >= 0.6 is 0 Å². The molecule has 0 radical (unpaired) electrons. The lowest BCUT2D eigenvalue weighted by Crippen LogP contribution is -2.42. The first-order valence-electron chi connectivity index (χ1n) is 10.1. The van der Waals surface area contributed by atoms with Gasteiger partial charge in [0.1, 0.15) is 0 Å². The van der Waals surface area contributed by atoms with E-state index in [1.807, 2.05) is 33.0 Å². The van der Waals surface area contributed by atoms with Crippen molar-refractivity contribution in [2.75, 3.05) is 43.9 Å². The zero-order chi connectivity index (χ0) is 20.7. The van der Waals surface area contributed by atoms with Gasteiger partial charge in [-0.15, -0.1) is 0 Å². The predicted molar refractivity (Wildman–Crippen MR) is 113 cm³/mol. The molecule has 1 heterocycles. The molecule has 1 aliphatic heterocycles. The van der Waals surface area contributed by atoms with Crippen LogP contribution in [0.1, 0.15) is 38.7 Å². The topological polar surface area (TPSA) is 84.9 Å². The van der Waals surface area contributed by atoms with Crippen LogP contribution in [0.15, 0.2) is 18.2 Å². The number of urea groups is 1. The molecule has 28 heavy (non-hydrogen) atoms. The van der Waals surface area contributed by atoms with Gasteiger partial charge in [0.25, 0.3) is 0 Å². The molecule has 1 saturated heterocycles. The number of anilines is 2. The Kier molecular flexibility index (Phi) is 8.26. The molecule has 0 aliphatic carbocycles. The maximum Gasteiger partial charge on any atom is 0.321 e. The van der Waals surface area contributed by atoms with Gasteiger partial charge in [-0.05, 0) is 63.4 Å². The number of amides is 3. The molecule has 7 heteroatoms. The quantitative estimate of drug-likeness (QED) is 0.668. The largest absolute Gasteiger partial charge is 0.392 e. The van der Waals surface area contributed by atoms with Gasteiger partial charge in [-0.1, -0.05) is 13.0 Å². The first kappa shape index (κ1) is 22.2. The number of aliphatic hydroxyl groups excluding tert-OH is 1. The molecular formula is C21H34N4O3. The number of nitrogens with zero attached hydrogens (tertiary/aromatic N) is 2. The first-order valence-corrected chi connectivity index (χ1v) is 10.1. The van der Waals surface area contributed by atoms with Crippen LogP contribution in [0.5, 0.6) is 0 Å². The van der Waals surface area contributed by atoms with Crippen LogP contribution in [0.3, 0.4) is 0 Å². The Labute approximate surface area is 168 Å². The average Bonchev–Trinajstić information content (AvgIpc) is 2.65. The molecule has 1 aromatic rings. The number of rotatable bonds is 7. The van der Waals surface area contributed by atoms with Crippen LogP contribution in [0.2, 0.25) is 0 Å². The number of carbonyl (C=O) groups is 2. The normalized spacial score (nSPS) is 16.5. The van der Waals surface area contributed by atoms with Gasteiger partial charge in [-0.25, -0.2) is 4.79 Å². The summed E-state index contributed by atoms with van der Waals surface area (Å²) in [6.45, 7) is 8.89. The molecular weight excluding hydrogens is 356 g/mol. The van der Waals surface area contributed by atoms with Crippen LogP contribution in [-0.4, -0.2) is 66.2 Å². The van der Waals surface area contributed by atoms with Gasteiger partial charge in [0, 0.05) is 37.9 Å². The minimum Gasteiger partial charge on any atom is -0.392 e. The van der Waals surface area contributed by atoms with Crippen molar-refractivity contribution >= 4 is 23.3 Å². The van der Waals surface area contributed by atoms with Crippen LogP contribution in [0, 0.1) is 12.8 Å². The van der Waals surface area contributed by atoms with E-state index in [9.17, 15) is 14.7 Å². The number of likely N-dealkylation sites (tertiary alicyclic amines) is 1. The molecule has 0 spiro atoms. The lowest BCUT2D eigenvalue weighted by atomic mass is 9.96. The summed E-state index contributed by atoms with van der Waals surface area (Å²) in [5, 5.41) is 15.3. The van der Waals surface area contributed by atoms with Crippen LogP contribution in [-0.2, 0) is 4.79 Å². The van der Waals surface area contributed by atoms with Crippen molar-refractivity contribution in [3.05, 3.63) is 23.8 Å². The van der Waals surface area contributed by atoms with Gasteiger partial charge in [0.15, 0.2) is 0 Å². The SMILES string of the molecule is CCC(=O)Nc1ccc(C)c(NC(=O)N(C)CC2CCN(C[C@@H](C)O)CC2)c1. The van der Waals surface area contributed by atoms with Crippen molar-refractivity contribution in [2.45, 2.75) is 46.1 Å². The molecule has 156 valence electrons. The molecule has 3 N–H and O–H groups in total. The highest BCUT2D eigenvalue weighted by atomic mass is 16.3. The first-order chi connectivity index (χ1) is 13.3. The summed E-state index contributed by atoms with van der Waals surface area (Å²) >= 11 is 0. The van der Waals surface area contributed by atoms with E-state index in [-0.39, 0.29) is 18.0 Å². The molecule has 0 saturated carbocycles. The fourth-order valence-corrected chi connectivity index (χ4v) is 3.49. The molecule has 1 fully saturated rings. The van der Waals surface area contributed by atoms with Gasteiger partial charge in [-0.2, -0.15) is 0 Å². The average molecular weight is 391 g/mol. The molecule has 0 aromatic heterocycles. The van der Waals surface area contributed by atoms with Gasteiger partial charge < -0.3 is 25.5 Å². The van der Waals surface area contributed by atoms with Crippen molar-refractivity contribution in [2.24, 2.45) is 5.92 Å². The Hall–Kier alpha value is -2.12. The number of nitrogens with one attached hydrogen (secondary N) is 2. The van der Waals surface area contributed by atoms with Crippen molar-refractivity contribution in [3.63, 3.8) is 0 Å². The van der Waals surface area contributed by atoms with E-state index < -0.39 is 0 Å². The molecule has 7 nitrogen and oxygen atoms in total. The minimum atomic E-state index is -0.300. The van der Waals surface area contributed by atoms with Crippen molar-refractivity contribution in [1.29, 1.82) is 0 Å². The summed E-state index contributed by atoms with van der Waals surface area (Å²) in [7, 11) is 1.82. The molecule has 2 rings (SSSR count). The lowest BCUT2D eigenvalue weighted by molar-refractivity contribution is -0.115. The van der Waals surface area contributed by atoms with E-state index in [4.69, 9.17) is 0 Å². The molecule has 0 bridgehead atoms. The summed E-state index contributed by atoms with van der Waals surface area (Å²) in [5.74, 6) is 0.414. The van der Waals surface area contributed by atoms with Gasteiger partial charge in [0.2, 0.25) is 5.91 Å². The third-order valence-electron chi connectivity index (χ3n) is 5.19. The van der Waals surface area contributed by atoms with E-state index in [1.165, 1.54) is 0 Å². The van der Waals surface area contributed by atoms with E-state index >= 15 is 0 Å². The predicted octanol–water partition coefficient (Wildman–Crippen LogP) is 2.90. The highest BCUT2D eigenvalue weighted by Crippen LogP contribution is 2.22. The van der Waals surface area contributed by atoms with Crippen molar-refractivity contribution in [3.8, 4) is 0 Å². The Morgan fingerprint density at radius 2 is 1.96 bits per heavy atom. The highest BCUT2D eigenvalue weighted by Gasteiger charge is 2.22. The van der Waals surface area contributed by atoms with Crippen molar-refractivity contribution < 1.29 is 14.7 Å². The van der Waals surface area contributed by atoms with Gasteiger partial charge in [0.05, 0.1) is 6.10 Å². The third kappa shape index (κ3) is 6.80. The number of carbonyl (C=O) groups excluding carboxylic acids is 2. The number of hydrogen-bond donors (Lipinski definition) is 3. The lowest BCUT2D eigenvalue weighted by Gasteiger charge is -2.34. The van der Waals surface area contributed by atoms with Crippen LogP contribution in [0.4, 0.5) is 16.2 Å². The smallest absolute Gasteiger partial charge is 0.321 e. The fourth-order valence-electron chi connectivity index (χ4n) is 3.49. The fraction of sp³-hybridized carbons (Fsp3) is 0.619. The second-order valence-electron chi connectivity index (χ2n) is 7.84. The maximum absolute atomic E-state index is 12.6. The summed E-state index contributed by atoms with van der Waals surface area (Å²) in [6.07, 6.45) is 2.17. The van der Waals surface area contributed by atoms with Gasteiger partial charge >= 0.3 is 6.03 Å². The zero-order valence-electron chi connectivity index (χ0n) is 17.5. The number of β-amino-alcohol motifs (C(OH)–C–C–N with tert-alkyl or cyclic N) is 1. The number of piperidine rings is 1. The van der Waals surface area contributed by atoms with E-state index in [2.05, 4.69) is 15.5 Å². The van der Waals surface area contributed by atoms with Crippen LogP contribution < -0.4 is 10.6 Å². The molecule has 3 amide bonds. The summed E-state index contributed by atoms with van der Waals surface area (Å²) in [4.78, 5) is 28.2. The van der Waals surface area contributed by atoms with E-state index in [0.717, 1.165) is 31.5 Å². The zero-order valence-corrected chi connectivity index (χ0v) is 17.5. The van der Waals surface area contributed by atoms with Crippen LogP contribution in [0.25, 0.3) is 0 Å². The standard InChI is InChI=1S/C21H34N4O3/c1-5-20(27)22-18-7-6-15(2)19(12-18)23-21(28)24(4)14-17-8-10-25(11-9-17)13-16(3)26/h6-7,12,16-17,26H,5,8-11,13-14H2,1-4H3,(H,22,27)(H,23,28)/t16-/m1/s1. The maximum atomic E-state index is 12.6. The monoisotopic (exact) mass is 390 g/mol. The second kappa shape index (κ2) is 10.4. The highest BCUT2D eigenvalue weighted by molar-refractivity contribution is 5.94. The Balaban J connectivity index is 1.87. The number of aryl methyl sites for hydroxylation is 1. The number of benzene rings is 1. The summed E-state index contributed by atoms with van der Waals surface area (Å²) < 4.78 is 0. The summed E-state index contributed by atoms with van der Waals surface area (Å²) in [5.41, 5.74) is 2.33. The number of hydrogen-bond acceptors (Lipinski definition) is 4. The Morgan fingerprint density at radius 1 is 1.29 bits per heavy atom. The number of aliphatic hydroxyl groups is 1. The molecule has 1 aromatic carbocycles. The molecule has 0 unspecified atom stereocenters. The third-order valence-corrected chi connectivity index (χ3v) is 5.19.